The Morgan fingerprint density at radius 2 is 1.00 bits per heavy atom. The number of hydrogen-bond acceptors (Lipinski definition) is 0. The van der Waals surface area contributed by atoms with E-state index < -0.39 is 0 Å². The maximum Gasteiger partial charge on any atom is 0 e. The molecule has 0 aromatic carbocycles. The molecule has 3 radical (unpaired) electrons. The van der Waals surface area contributed by atoms with Gasteiger partial charge in [-0.3, -0.25) is 0 Å². The van der Waals surface area contributed by atoms with Gasteiger partial charge >= 0.3 is 0 Å². The maximum atomic E-state index is 0. The molecule has 0 aliphatic carbocycles. The quantitative estimate of drug-likeness (QED) is 0.437. The number of rotatable bonds is 0. The second kappa shape index (κ2) is 36.3. The van der Waals surface area contributed by atoms with E-state index in [9.17, 15) is 0 Å². The molecule has 0 aromatic heterocycles. The zero-order chi connectivity index (χ0) is 0. The van der Waals surface area contributed by atoms with E-state index in [1.807, 2.05) is 0 Å². The Hall–Kier alpha value is 2.08. The van der Waals surface area contributed by atoms with E-state index in [1.165, 1.54) is 0 Å². The molecule has 0 unspecified atom stereocenters. The van der Waals surface area contributed by atoms with Crippen molar-refractivity contribution >= 4 is 18.9 Å². The summed E-state index contributed by atoms with van der Waals surface area (Å²) in [5.74, 6) is 0. The molecule has 0 amide bonds. The van der Waals surface area contributed by atoms with E-state index in [0.29, 0.717) is 0 Å². The van der Waals surface area contributed by atoms with Crippen molar-refractivity contribution < 1.29 is 55.8 Å². The summed E-state index contributed by atoms with van der Waals surface area (Å²) < 4.78 is 0. The second-order valence-corrected chi connectivity index (χ2v) is 0. The van der Waals surface area contributed by atoms with Crippen molar-refractivity contribution in [2.45, 2.75) is 0 Å². The minimum atomic E-state index is 0. The van der Waals surface area contributed by atoms with E-state index in [1.54, 1.807) is 0 Å². The largest absolute Gasteiger partial charge is 0.412 e. The van der Waals surface area contributed by atoms with Crippen molar-refractivity contribution in [1.82, 2.24) is 0 Å². The summed E-state index contributed by atoms with van der Waals surface area (Å²) in [5.41, 5.74) is 0. The summed E-state index contributed by atoms with van der Waals surface area (Å²) in [4.78, 5) is 0. The van der Waals surface area contributed by atoms with Crippen molar-refractivity contribution in [3.8, 4) is 0 Å². The van der Waals surface area contributed by atoms with Crippen LogP contribution in [0.25, 0.3) is 0 Å². The molecule has 0 heterocycles. The molecule has 0 aromatic rings. The van der Waals surface area contributed by atoms with Crippen LogP contribution in [0.15, 0.2) is 0 Å². The van der Waals surface area contributed by atoms with Gasteiger partial charge in [0, 0.05) is 69.2 Å². The third-order valence-electron chi connectivity index (χ3n) is 0. The molecule has 5 heavy (non-hydrogen) atoms. The molecule has 0 saturated heterocycles. The first kappa shape index (κ1) is 60.6. The topological polar surface area (TPSA) is 31.5 Å². The van der Waals surface area contributed by atoms with Gasteiger partial charge < -0.3 is 5.48 Å². The Labute approximate surface area is 74.1 Å². The van der Waals surface area contributed by atoms with E-state index in [-0.39, 0.29) is 74.7 Å². The van der Waals surface area contributed by atoms with Gasteiger partial charge in [0.25, 0.3) is 0 Å². The van der Waals surface area contributed by atoms with Gasteiger partial charge in [-0.15, -0.1) is 0 Å². The van der Waals surface area contributed by atoms with E-state index in [0.717, 1.165) is 0 Å². The molecule has 2 N–H and O–H groups in total. The molecule has 1 nitrogen and oxygen atoms in total. The fraction of sp³-hybridized carbons (Fsp3) is 0. The summed E-state index contributed by atoms with van der Waals surface area (Å²) in [7, 11) is 0. The monoisotopic (exact) mass is 197 g/mol. The Kier molecular flexibility index (Phi) is 440. The van der Waals surface area contributed by atoms with Crippen LogP contribution in [0.5, 0.6) is 0 Å². The van der Waals surface area contributed by atoms with Crippen LogP contribution in [-0.2, 0) is 50.3 Å². The molecule has 0 bridgehead atoms. The Bertz CT molecular complexity index is 11.6. The van der Waals surface area contributed by atoms with Crippen LogP contribution in [0.1, 0.15) is 0 Å². The van der Waals surface area contributed by atoms with Gasteiger partial charge in [-0.2, -0.15) is 0 Å². The molecule has 0 saturated carbocycles. The minimum Gasteiger partial charge on any atom is -0.412 e. The standard InChI is InChI=1S/Co.Li.Mn.Ni.H2O/h;;;;1H2. The molecule has 0 aliphatic heterocycles. The summed E-state index contributed by atoms with van der Waals surface area (Å²) >= 11 is 0. The first-order valence-electron chi connectivity index (χ1n) is 0. The van der Waals surface area contributed by atoms with Crippen molar-refractivity contribution in [3.63, 3.8) is 0 Å². The van der Waals surface area contributed by atoms with Crippen molar-refractivity contribution in [2.24, 2.45) is 0 Å². The Balaban J connectivity index is 0. The van der Waals surface area contributed by atoms with Crippen LogP contribution in [0.3, 0.4) is 0 Å². The van der Waals surface area contributed by atoms with Crippen molar-refractivity contribution in [1.29, 1.82) is 0 Å². The van der Waals surface area contributed by atoms with Crippen LogP contribution < -0.4 is 0 Å². The van der Waals surface area contributed by atoms with Crippen LogP contribution in [0.2, 0.25) is 0 Å². The first-order valence-corrected chi connectivity index (χ1v) is 0. The van der Waals surface area contributed by atoms with Crippen molar-refractivity contribution in [3.05, 3.63) is 0 Å². The molecule has 0 atom stereocenters. The molecule has 0 spiro atoms. The normalized spacial score (nSPS) is 0. The summed E-state index contributed by atoms with van der Waals surface area (Å²) in [5, 5.41) is 0. The molecule has 0 fully saturated rings. The Morgan fingerprint density at radius 1 is 1.00 bits per heavy atom. The van der Waals surface area contributed by atoms with Crippen LogP contribution >= 0.6 is 0 Å². The summed E-state index contributed by atoms with van der Waals surface area (Å²) in [6.07, 6.45) is 0. The zero-order valence-electron chi connectivity index (χ0n) is 2.53. The van der Waals surface area contributed by atoms with Gasteiger partial charge in [0.1, 0.15) is 0 Å². The maximum absolute atomic E-state index is 0. The molecule has 5 heteroatoms. The van der Waals surface area contributed by atoms with Crippen LogP contribution in [0, 0.1) is 0 Å². The van der Waals surface area contributed by atoms with Gasteiger partial charge in [0.15, 0.2) is 0 Å². The van der Waals surface area contributed by atoms with Crippen LogP contribution in [0.4, 0.5) is 0 Å². The molecule has 0 aliphatic rings. The Morgan fingerprint density at radius 3 is 1.00 bits per heavy atom. The third kappa shape index (κ3) is 23.4. The van der Waals surface area contributed by atoms with Gasteiger partial charge in [-0.05, 0) is 0 Å². The predicted molar refractivity (Wildman–Crippen MR) is 9.37 cm³/mol. The SMILES string of the molecule is O.[Co].[Li].[Mn].[Ni]. The fourth-order valence-corrected chi connectivity index (χ4v) is 0. The van der Waals surface area contributed by atoms with Crippen molar-refractivity contribution in [2.75, 3.05) is 0 Å². The second-order valence-electron chi connectivity index (χ2n) is 0. The predicted octanol–water partition coefficient (Wildman–Crippen LogP) is -1.21. The number of hydrogen-bond donors (Lipinski definition) is 0. The van der Waals surface area contributed by atoms with Gasteiger partial charge in [0.2, 0.25) is 0 Å². The molecular formula is H2CoLiMnNiO. The average Bonchev–Trinajstić information content (AvgIpc) is 0. The fourth-order valence-electron chi connectivity index (χ4n) is 0. The smallest absolute Gasteiger partial charge is 0 e. The zero-order valence-corrected chi connectivity index (χ0v) is 5.74. The summed E-state index contributed by atoms with van der Waals surface area (Å²) in [6, 6.07) is 0. The summed E-state index contributed by atoms with van der Waals surface area (Å²) in [6.45, 7) is 0. The molecule has 35 valence electrons. The molecule has 0 rings (SSSR count). The van der Waals surface area contributed by atoms with Gasteiger partial charge in [-0.1, -0.05) is 0 Å². The minimum absolute atomic E-state index is 0. The third-order valence-corrected chi connectivity index (χ3v) is 0. The molecular weight excluding hydrogens is 196 g/mol. The van der Waals surface area contributed by atoms with E-state index in [2.05, 4.69) is 0 Å². The van der Waals surface area contributed by atoms with E-state index >= 15 is 0 Å². The van der Waals surface area contributed by atoms with Gasteiger partial charge in [-0.25, -0.2) is 0 Å². The first-order chi connectivity index (χ1) is 0. The van der Waals surface area contributed by atoms with Gasteiger partial charge in [0.05, 0.1) is 0 Å². The van der Waals surface area contributed by atoms with E-state index in [4.69, 9.17) is 0 Å². The average molecular weight is 198 g/mol. The van der Waals surface area contributed by atoms with Crippen LogP contribution in [-0.4, -0.2) is 24.3 Å².